The monoisotopic (exact) mass is 642 g/mol. The van der Waals surface area contributed by atoms with Crippen LogP contribution in [0.1, 0.15) is 17.5 Å². The van der Waals surface area contributed by atoms with Crippen molar-refractivity contribution in [2.24, 2.45) is 0 Å². The zero-order valence-electron chi connectivity index (χ0n) is 26.7. The lowest BCUT2D eigenvalue weighted by Crippen LogP contribution is -1.97. The highest BCUT2D eigenvalue weighted by Crippen LogP contribution is 2.41. The van der Waals surface area contributed by atoms with Gasteiger partial charge < -0.3 is 0 Å². The number of hydrogen-bond acceptors (Lipinski definition) is 3. The lowest BCUT2D eigenvalue weighted by atomic mass is 9.85. The Balaban J connectivity index is 1.09. The van der Waals surface area contributed by atoms with Crippen molar-refractivity contribution in [3.05, 3.63) is 163 Å². The molecule has 9 aromatic rings. The highest BCUT2D eigenvalue weighted by Gasteiger charge is 2.18. The molecule has 0 amide bonds. The summed E-state index contributed by atoms with van der Waals surface area (Å²) in [5.74, 6) is 0.742. The normalized spacial score (nSPS) is 12.7. The van der Waals surface area contributed by atoms with E-state index in [-0.39, 0.29) is 0 Å². The summed E-state index contributed by atoms with van der Waals surface area (Å²) in [5, 5.41) is 6.54. The molecule has 0 saturated heterocycles. The number of aromatic nitrogens is 2. The SMILES string of the molecule is C1=Cc2c(c3ccccc3c3cc(-c4cccc(-c5cccc(-c6nc(-c7ccccc7)c7sc8ccccc8c7n6)c5)c4)ccc23)CC1. The molecule has 10 rings (SSSR count). The molecule has 2 aromatic heterocycles. The Labute approximate surface area is 288 Å². The number of aryl methyl sites for hydroxylation is 1. The highest BCUT2D eigenvalue weighted by molar-refractivity contribution is 7.26. The Kier molecular flexibility index (Phi) is 6.53. The zero-order chi connectivity index (χ0) is 32.3. The second kappa shape index (κ2) is 11.4. The van der Waals surface area contributed by atoms with E-state index in [2.05, 4.69) is 158 Å². The van der Waals surface area contributed by atoms with E-state index in [0.29, 0.717) is 0 Å². The van der Waals surface area contributed by atoms with E-state index in [9.17, 15) is 0 Å². The molecule has 2 heterocycles. The summed E-state index contributed by atoms with van der Waals surface area (Å²) in [6, 6.07) is 52.5. The lowest BCUT2D eigenvalue weighted by molar-refractivity contribution is 1.00. The summed E-state index contributed by atoms with van der Waals surface area (Å²) in [4.78, 5) is 10.4. The molecular formula is C46H30N2S. The molecule has 0 aliphatic heterocycles. The average Bonchev–Trinajstić information content (AvgIpc) is 3.57. The van der Waals surface area contributed by atoms with Crippen molar-refractivity contribution in [2.45, 2.75) is 12.8 Å². The molecule has 0 unspecified atom stereocenters. The molecule has 0 N–H and O–H groups in total. The van der Waals surface area contributed by atoms with Crippen LogP contribution in [0.15, 0.2) is 152 Å². The Morgan fingerprint density at radius 3 is 1.94 bits per heavy atom. The third-order valence-electron chi connectivity index (χ3n) is 9.94. The van der Waals surface area contributed by atoms with Crippen molar-refractivity contribution in [2.75, 3.05) is 0 Å². The predicted molar refractivity (Wildman–Crippen MR) is 209 cm³/mol. The molecule has 0 atom stereocenters. The summed E-state index contributed by atoms with van der Waals surface area (Å²) in [7, 11) is 0. The van der Waals surface area contributed by atoms with Gasteiger partial charge in [0.1, 0.15) is 0 Å². The minimum atomic E-state index is 0.742. The van der Waals surface area contributed by atoms with E-state index in [4.69, 9.17) is 9.97 Å². The van der Waals surface area contributed by atoms with Gasteiger partial charge in [0.05, 0.1) is 15.9 Å². The second-order valence-electron chi connectivity index (χ2n) is 12.8. The van der Waals surface area contributed by atoms with Crippen LogP contribution in [0.3, 0.4) is 0 Å². The van der Waals surface area contributed by atoms with E-state index < -0.39 is 0 Å². The smallest absolute Gasteiger partial charge is 0.160 e. The van der Waals surface area contributed by atoms with Crippen LogP contribution in [0, 0.1) is 0 Å². The molecule has 0 radical (unpaired) electrons. The van der Waals surface area contributed by atoms with Gasteiger partial charge in [0.2, 0.25) is 0 Å². The zero-order valence-corrected chi connectivity index (χ0v) is 27.5. The van der Waals surface area contributed by atoms with E-state index in [0.717, 1.165) is 51.3 Å². The van der Waals surface area contributed by atoms with E-state index >= 15 is 0 Å². The topological polar surface area (TPSA) is 25.8 Å². The predicted octanol–water partition coefficient (Wildman–Crippen LogP) is 12.8. The Morgan fingerprint density at radius 2 is 1.12 bits per heavy atom. The molecule has 0 saturated carbocycles. The van der Waals surface area contributed by atoms with Gasteiger partial charge in [0.15, 0.2) is 5.82 Å². The third-order valence-corrected chi connectivity index (χ3v) is 11.1. The van der Waals surface area contributed by atoms with Crippen molar-refractivity contribution in [3.63, 3.8) is 0 Å². The lowest BCUT2D eigenvalue weighted by Gasteiger charge is -2.18. The molecule has 0 fully saturated rings. The highest BCUT2D eigenvalue weighted by atomic mass is 32.1. The van der Waals surface area contributed by atoms with Crippen LogP contribution in [0.25, 0.3) is 92.8 Å². The van der Waals surface area contributed by atoms with Gasteiger partial charge in [0, 0.05) is 21.2 Å². The molecule has 2 nitrogen and oxygen atoms in total. The van der Waals surface area contributed by atoms with Crippen LogP contribution < -0.4 is 0 Å². The molecule has 49 heavy (non-hydrogen) atoms. The third kappa shape index (κ3) is 4.69. The minimum Gasteiger partial charge on any atom is -0.226 e. The van der Waals surface area contributed by atoms with Gasteiger partial charge in [-0.1, -0.05) is 133 Å². The summed E-state index contributed by atoms with van der Waals surface area (Å²) in [6.07, 6.45) is 6.85. The van der Waals surface area contributed by atoms with E-state index in [1.165, 1.54) is 59.4 Å². The van der Waals surface area contributed by atoms with Gasteiger partial charge in [-0.2, -0.15) is 0 Å². The van der Waals surface area contributed by atoms with Crippen molar-refractivity contribution in [1.29, 1.82) is 0 Å². The molecule has 1 aliphatic carbocycles. The first kappa shape index (κ1) is 28.1. The number of benzene rings is 7. The maximum atomic E-state index is 5.22. The largest absolute Gasteiger partial charge is 0.226 e. The number of nitrogens with zero attached hydrogens (tertiary/aromatic N) is 2. The fourth-order valence-electron chi connectivity index (χ4n) is 7.59. The van der Waals surface area contributed by atoms with Gasteiger partial charge in [-0.15, -0.1) is 11.3 Å². The summed E-state index contributed by atoms with van der Waals surface area (Å²) in [6.45, 7) is 0. The Bertz CT molecular complexity index is 2770. The summed E-state index contributed by atoms with van der Waals surface area (Å²) >= 11 is 1.77. The number of fused-ring (bicyclic) bond motifs is 9. The van der Waals surface area contributed by atoms with Gasteiger partial charge in [-0.25, -0.2) is 9.97 Å². The van der Waals surface area contributed by atoms with E-state index in [1.807, 2.05) is 0 Å². The fourth-order valence-corrected chi connectivity index (χ4v) is 8.74. The number of hydrogen-bond donors (Lipinski definition) is 0. The number of thiophene rings is 1. The van der Waals surface area contributed by atoms with Gasteiger partial charge in [0.25, 0.3) is 0 Å². The fraction of sp³-hybridized carbons (Fsp3) is 0.0435. The van der Waals surface area contributed by atoms with Crippen LogP contribution in [-0.4, -0.2) is 9.97 Å². The van der Waals surface area contributed by atoms with E-state index in [1.54, 1.807) is 11.3 Å². The standard InChI is InChI=1S/C46H30N2S/c1-2-12-29(13-3-1)43-45-44(40-22-8-9-23-42(40)49-45)48-46(47-43)34-17-11-16-32(27-34)30-14-10-15-31(26-30)33-24-25-39-37-20-5-4-18-35(37)36-19-6-7-21-38(36)41(39)28-33/h1-3,5-17,19-28H,4,18H2. The maximum absolute atomic E-state index is 5.22. The number of allylic oxidation sites excluding steroid dienone is 1. The Hall–Kier alpha value is -5.90. The molecule has 230 valence electrons. The first-order chi connectivity index (χ1) is 24.3. The second-order valence-corrected chi connectivity index (χ2v) is 13.9. The van der Waals surface area contributed by atoms with Gasteiger partial charge in [-0.3, -0.25) is 0 Å². The van der Waals surface area contributed by atoms with Crippen LogP contribution in [0.5, 0.6) is 0 Å². The van der Waals surface area contributed by atoms with Crippen LogP contribution in [-0.2, 0) is 6.42 Å². The molecular weight excluding hydrogens is 613 g/mol. The van der Waals surface area contributed by atoms with Crippen molar-refractivity contribution in [3.8, 4) is 44.9 Å². The molecule has 7 aromatic carbocycles. The first-order valence-electron chi connectivity index (χ1n) is 16.9. The van der Waals surface area contributed by atoms with Crippen molar-refractivity contribution >= 4 is 59.3 Å². The summed E-state index contributed by atoms with van der Waals surface area (Å²) in [5.41, 5.74) is 11.7. The van der Waals surface area contributed by atoms with Crippen molar-refractivity contribution < 1.29 is 0 Å². The maximum Gasteiger partial charge on any atom is 0.160 e. The molecule has 0 spiro atoms. The van der Waals surface area contributed by atoms with Crippen LogP contribution in [0.4, 0.5) is 0 Å². The Morgan fingerprint density at radius 1 is 0.469 bits per heavy atom. The first-order valence-corrected chi connectivity index (χ1v) is 17.7. The van der Waals surface area contributed by atoms with Crippen LogP contribution >= 0.6 is 11.3 Å². The van der Waals surface area contributed by atoms with Gasteiger partial charge >= 0.3 is 0 Å². The minimum absolute atomic E-state index is 0.742. The molecule has 0 bridgehead atoms. The van der Waals surface area contributed by atoms with Gasteiger partial charge in [-0.05, 0) is 92.0 Å². The molecule has 1 aliphatic rings. The van der Waals surface area contributed by atoms with Crippen molar-refractivity contribution in [1.82, 2.24) is 9.97 Å². The number of rotatable bonds is 4. The van der Waals surface area contributed by atoms with Crippen LogP contribution in [0.2, 0.25) is 0 Å². The average molecular weight is 643 g/mol. The molecule has 3 heteroatoms. The quantitative estimate of drug-likeness (QED) is 0.179. The summed E-state index contributed by atoms with van der Waals surface area (Å²) < 4.78 is 2.35.